The van der Waals surface area contributed by atoms with Crippen LogP contribution in [0.2, 0.25) is 0 Å². The quantitative estimate of drug-likeness (QED) is 0.554. The molecule has 4 amide bonds. The van der Waals surface area contributed by atoms with Crippen LogP contribution in [0.4, 0.5) is 10.5 Å². The molecule has 29 heavy (non-hydrogen) atoms. The molecule has 0 unspecified atom stereocenters. The summed E-state index contributed by atoms with van der Waals surface area (Å²) in [7, 11) is 0. The first kappa shape index (κ1) is 18.4. The van der Waals surface area contributed by atoms with Crippen molar-refractivity contribution in [3.63, 3.8) is 0 Å². The molecule has 144 valence electrons. The molecule has 0 saturated carbocycles. The number of benzene rings is 1. The van der Waals surface area contributed by atoms with Crippen molar-refractivity contribution in [1.82, 2.24) is 14.9 Å². The number of pyridine rings is 1. The van der Waals surface area contributed by atoms with Crippen LogP contribution in [0.1, 0.15) is 16.8 Å². The van der Waals surface area contributed by atoms with E-state index in [0.717, 1.165) is 21.7 Å². The first-order chi connectivity index (χ1) is 14.0. The zero-order valence-corrected chi connectivity index (χ0v) is 15.9. The van der Waals surface area contributed by atoms with Crippen molar-refractivity contribution >= 4 is 29.6 Å². The molecule has 1 aliphatic rings. The molecule has 7 heteroatoms. The van der Waals surface area contributed by atoms with Gasteiger partial charge < -0.3 is 4.57 Å². The van der Waals surface area contributed by atoms with Gasteiger partial charge in [0.05, 0.1) is 11.9 Å². The first-order valence-corrected chi connectivity index (χ1v) is 9.03. The topological polar surface area (TPSA) is 84.3 Å². The van der Waals surface area contributed by atoms with Crippen LogP contribution in [-0.4, -0.2) is 27.4 Å². The van der Waals surface area contributed by atoms with Gasteiger partial charge in [0.2, 0.25) is 0 Å². The van der Waals surface area contributed by atoms with Crippen molar-refractivity contribution < 1.29 is 14.4 Å². The molecule has 0 bridgehead atoms. The molecule has 0 spiro atoms. The Morgan fingerprint density at radius 3 is 2.59 bits per heavy atom. The summed E-state index contributed by atoms with van der Waals surface area (Å²) >= 11 is 0. The summed E-state index contributed by atoms with van der Waals surface area (Å²) in [5.74, 6) is -1.42. The van der Waals surface area contributed by atoms with E-state index in [0.29, 0.717) is 11.4 Å². The van der Waals surface area contributed by atoms with E-state index in [1.54, 1.807) is 18.2 Å². The number of urea groups is 1. The Kier molecular flexibility index (Phi) is 4.56. The fraction of sp³-hybridized carbons (Fsp3) is 0.0909. The van der Waals surface area contributed by atoms with Crippen molar-refractivity contribution in [2.75, 3.05) is 4.90 Å². The highest BCUT2D eigenvalue weighted by molar-refractivity contribution is 6.39. The molecule has 1 aliphatic heterocycles. The summed E-state index contributed by atoms with van der Waals surface area (Å²) in [6, 6.07) is 12.0. The Bertz CT molecular complexity index is 1160. The largest absolute Gasteiger partial charge is 0.336 e. The van der Waals surface area contributed by atoms with Crippen LogP contribution in [0.3, 0.4) is 0 Å². The predicted molar refractivity (Wildman–Crippen MR) is 108 cm³/mol. The Morgan fingerprint density at radius 1 is 1.00 bits per heavy atom. The minimum absolute atomic E-state index is 0.126. The zero-order valence-electron chi connectivity index (χ0n) is 15.9. The number of amides is 4. The van der Waals surface area contributed by atoms with Crippen LogP contribution < -0.4 is 10.2 Å². The van der Waals surface area contributed by atoms with E-state index in [1.807, 2.05) is 48.9 Å². The van der Waals surface area contributed by atoms with Gasteiger partial charge in [0, 0.05) is 23.8 Å². The Balaban J connectivity index is 1.78. The molecule has 7 nitrogen and oxygen atoms in total. The van der Waals surface area contributed by atoms with E-state index in [4.69, 9.17) is 0 Å². The van der Waals surface area contributed by atoms with Crippen LogP contribution in [0, 0.1) is 13.8 Å². The maximum atomic E-state index is 13.0. The van der Waals surface area contributed by atoms with Crippen molar-refractivity contribution in [2.45, 2.75) is 13.8 Å². The second-order valence-electron chi connectivity index (χ2n) is 6.69. The number of nitrogens with one attached hydrogen (secondary N) is 1. The fourth-order valence-corrected chi connectivity index (χ4v) is 3.25. The molecule has 1 fully saturated rings. The van der Waals surface area contributed by atoms with Gasteiger partial charge in [0.15, 0.2) is 0 Å². The number of imide groups is 2. The minimum atomic E-state index is -0.796. The number of rotatable bonds is 3. The third-order valence-corrected chi connectivity index (χ3v) is 4.91. The highest BCUT2D eigenvalue weighted by atomic mass is 16.2. The van der Waals surface area contributed by atoms with E-state index in [9.17, 15) is 14.4 Å². The SMILES string of the molecule is Cc1cccc(-n2cccc2/C=C2\C(=O)NC(=O)N(c3cccnc3)C2=O)c1C. The van der Waals surface area contributed by atoms with Crippen LogP contribution in [0.5, 0.6) is 0 Å². The van der Waals surface area contributed by atoms with Gasteiger partial charge in [0.25, 0.3) is 11.8 Å². The summed E-state index contributed by atoms with van der Waals surface area (Å²) in [4.78, 5) is 42.5. The van der Waals surface area contributed by atoms with Crippen molar-refractivity contribution in [3.8, 4) is 5.69 Å². The van der Waals surface area contributed by atoms with Gasteiger partial charge in [-0.15, -0.1) is 0 Å². The molecule has 1 aromatic carbocycles. The van der Waals surface area contributed by atoms with Gasteiger partial charge in [-0.05, 0) is 61.4 Å². The van der Waals surface area contributed by atoms with Crippen LogP contribution in [0.25, 0.3) is 11.8 Å². The smallest absolute Gasteiger partial charge is 0.317 e. The maximum absolute atomic E-state index is 13.0. The van der Waals surface area contributed by atoms with E-state index < -0.39 is 17.8 Å². The zero-order chi connectivity index (χ0) is 20.5. The minimum Gasteiger partial charge on any atom is -0.317 e. The standard InChI is InChI=1S/C22H18N4O3/c1-14-6-3-9-19(15(14)2)25-11-5-8-16(25)12-18-20(27)24-22(29)26(21(18)28)17-7-4-10-23-13-17/h3-13H,1-2H3,(H,24,27,29)/b18-12+. The van der Waals surface area contributed by atoms with E-state index in [1.165, 1.54) is 18.5 Å². The average Bonchev–Trinajstić information content (AvgIpc) is 3.16. The molecule has 3 heterocycles. The van der Waals surface area contributed by atoms with Gasteiger partial charge in [-0.1, -0.05) is 12.1 Å². The van der Waals surface area contributed by atoms with Gasteiger partial charge in [-0.2, -0.15) is 0 Å². The summed E-state index contributed by atoms with van der Waals surface area (Å²) in [6.07, 6.45) is 6.29. The van der Waals surface area contributed by atoms with Gasteiger partial charge in [-0.25, -0.2) is 9.69 Å². The lowest BCUT2D eigenvalue weighted by Crippen LogP contribution is -2.54. The summed E-state index contributed by atoms with van der Waals surface area (Å²) in [5, 5.41) is 2.22. The van der Waals surface area contributed by atoms with Crippen LogP contribution in [0.15, 0.2) is 66.6 Å². The number of aryl methyl sites for hydroxylation is 1. The first-order valence-electron chi connectivity index (χ1n) is 9.03. The third-order valence-electron chi connectivity index (χ3n) is 4.91. The normalized spacial score (nSPS) is 15.7. The molecule has 4 rings (SSSR count). The molecule has 1 N–H and O–H groups in total. The van der Waals surface area contributed by atoms with E-state index >= 15 is 0 Å². The molecule has 0 aliphatic carbocycles. The molecular weight excluding hydrogens is 368 g/mol. The molecule has 0 atom stereocenters. The average molecular weight is 386 g/mol. The second-order valence-corrected chi connectivity index (χ2v) is 6.69. The molecule has 3 aromatic rings. The third kappa shape index (κ3) is 3.23. The number of nitrogens with zero attached hydrogens (tertiary/aromatic N) is 3. The summed E-state index contributed by atoms with van der Waals surface area (Å²) in [6.45, 7) is 4.04. The molecule has 0 radical (unpaired) electrons. The number of aromatic nitrogens is 2. The van der Waals surface area contributed by atoms with Gasteiger partial charge in [-0.3, -0.25) is 19.9 Å². The van der Waals surface area contributed by atoms with Crippen molar-refractivity contribution in [2.24, 2.45) is 0 Å². The van der Waals surface area contributed by atoms with E-state index in [2.05, 4.69) is 10.3 Å². The lowest BCUT2D eigenvalue weighted by Gasteiger charge is -2.26. The Hall–Kier alpha value is -4.00. The van der Waals surface area contributed by atoms with Gasteiger partial charge >= 0.3 is 6.03 Å². The van der Waals surface area contributed by atoms with Crippen LogP contribution >= 0.6 is 0 Å². The molecular formula is C22H18N4O3. The number of barbiturate groups is 1. The summed E-state index contributed by atoms with van der Waals surface area (Å²) in [5.41, 5.74) is 3.99. The number of anilines is 1. The van der Waals surface area contributed by atoms with Gasteiger partial charge in [0.1, 0.15) is 5.57 Å². The number of hydrogen-bond donors (Lipinski definition) is 1. The molecule has 1 saturated heterocycles. The lowest BCUT2D eigenvalue weighted by molar-refractivity contribution is -0.122. The van der Waals surface area contributed by atoms with Crippen molar-refractivity contribution in [3.05, 3.63) is 83.4 Å². The number of hydrogen-bond acceptors (Lipinski definition) is 4. The summed E-state index contributed by atoms with van der Waals surface area (Å²) < 4.78 is 1.90. The highest BCUT2D eigenvalue weighted by Crippen LogP contribution is 2.24. The highest BCUT2D eigenvalue weighted by Gasteiger charge is 2.37. The molecule has 2 aromatic heterocycles. The number of carbonyl (C=O) groups is 3. The number of carbonyl (C=O) groups excluding carboxylic acids is 3. The predicted octanol–water partition coefficient (Wildman–Crippen LogP) is 3.16. The van der Waals surface area contributed by atoms with Crippen molar-refractivity contribution in [1.29, 1.82) is 0 Å². The van der Waals surface area contributed by atoms with Crippen LogP contribution in [-0.2, 0) is 9.59 Å². The Labute approximate surface area is 167 Å². The maximum Gasteiger partial charge on any atom is 0.336 e. The lowest BCUT2D eigenvalue weighted by atomic mass is 10.1. The monoisotopic (exact) mass is 386 g/mol. The fourth-order valence-electron chi connectivity index (χ4n) is 3.25. The van der Waals surface area contributed by atoms with E-state index in [-0.39, 0.29) is 5.57 Å². The second kappa shape index (κ2) is 7.20. The Morgan fingerprint density at radius 2 is 1.83 bits per heavy atom.